The number of para-hydroxylation sites is 2. The molecule has 2 saturated heterocycles. The number of likely N-dealkylation sites (tertiary alicyclic amines) is 1. The van der Waals surface area contributed by atoms with Gasteiger partial charge >= 0.3 is 0 Å². The molecule has 6 nitrogen and oxygen atoms in total. The molecule has 1 N–H and O–H groups in total. The summed E-state index contributed by atoms with van der Waals surface area (Å²) in [7, 11) is 0. The van der Waals surface area contributed by atoms with E-state index in [9.17, 15) is 4.79 Å². The second kappa shape index (κ2) is 8.95. The van der Waals surface area contributed by atoms with Crippen LogP contribution in [0, 0.1) is 5.92 Å². The summed E-state index contributed by atoms with van der Waals surface area (Å²) in [6, 6.07) is 9.24. The largest absolute Gasteiger partial charge is 0.423 e. The van der Waals surface area contributed by atoms with E-state index >= 15 is 0 Å². The van der Waals surface area contributed by atoms with E-state index in [0.29, 0.717) is 6.04 Å². The van der Waals surface area contributed by atoms with Gasteiger partial charge in [-0.25, -0.2) is 0 Å². The highest BCUT2D eigenvalue weighted by Crippen LogP contribution is 2.28. The number of carbonyl (C=O) groups is 1. The Bertz CT molecular complexity index is 749. The molecule has 0 unspecified atom stereocenters. The van der Waals surface area contributed by atoms with Crippen molar-refractivity contribution < 1.29 is 9.21 Å². The summed E-state index contributed by atoms with van der Waals surface area (Å²) in [5.74, 6) is 0.405. The highest BCUT2D eigenvalue weighted by Gasteiger charge is 2.32. The molecule has 1 aromatic carbocycles. The van der Waals surface area contributed by atoms with Crippen molar-refractivity contribution >= 4 is 23.0 Å². The van der Waals surface area contributed by atoms with E-state index < -0.39 is 0 Å². The maximum absolute atomic E-state index is 12.5. The van der Waals surface area contributed by atoms with Crippen LogP contribution in [0.25, 0.3) is 11.1 Å². The summed E-state index contributed by atoms with van der Waals surface area (Å²) in [6.07, 6.45) is 6.53. The minimum Gasteiger partial charge on any atom is -0.423 e. The van der Waals surface area contributed by atoms with Crippen LogP contribution >= 0.6 is 0 Å². The van der Waals surface area contributed by atoms with Crippen LogP contribution in [0.2, 0.25) is 0 Å². The highest BCUT2D eigenvalue weighted by atomic mass is 16.4. The maximum Gasteiger partial charge on any atom is 0.298 e. The van der Waals surface area contributed by atoms with Crippen LogP contribution in [0.5, 0.6) is 0 Å². The Morgan fingerprint density at radius 1 is 1.21 bits per heavy atom. The molecule has 2 aliphatic heterocycles. The topological polar surface area (TPSA) is 61.6 Å². The molecule has 1 atom stereocenters. The van der Waals surface area contributed by atoms with Gasteiger partial charge in [-0.2, -0.15) is 4.98 Å². The first-order valence-corrected chi connectivity index (χ1v) is 10.9. The van der Waals surface area contributed by atoms with Crippen molar-refractivity contribution in [3.8, 4) is 0 Å². The van der Waals surface area contributed by atoms with E-state index in [1.54, 1.807) is 0 Å². The zero-order valence-corrected chi connectivity index (χ0v) is 16.9. The predicted molar refractivity (Wildman–Crippen MR) is 111 cm³/mol. The van der Waals surface area contributed by atoms with E-state index in [4.69, 9.17) is 4.42 Å². The quantitative estimate of drug-likeness (QED) is 0.773. The minimum absolute atomic E-state index is 0.153. The summed E-state index contributed by atoms with van der Waals surface area (Å²) < 4.78 is 5.93. The number of nitrogens with one attached hydrogen (secondary N) is 1. The summed E-state index contributed by atoms with van der Waals surface area (Å²) in [5.41, 5.74) is 1.78. The lowest BCUT2D eigenvalue weighted by molar-refractivity contribution is -0.127. The number of carbonyl (C=O) groups excluding carboxylic acids is 1. The number of benzene rings is 1. The first kappa shape index (κ1) is 19.2. The molecule has 0 spiro atoms. The molecule has 2 aliphatic rings. The van der Waals surface area contributed by atoms with Gasteiger partial charge in [0.1, 0.15) is 5.52 Å². The number of hydrogen-bond acceptors (Lipinski definition) is 5. The van der Waals surface area contributed by atoms with Gasteiger partial charge in [0.15, 0.2) is 5.58 Å². The van der Waals surface area contributed by atoms with Gasteiger partial charge in [-0.05, 0) is 50.8 Å². The van der Waals surface area contributed by atoms with E-state index in [1.807, 2.05) is 24.3 Å². The fourth-order valence-electron chi connectivity index (χ4n) is 4.50. The van der Waals surface area contributed by atoms with Crippen LogP contribution in [-0.2, 0) is 4.79 Å². The fraction of sp³-hybridized carbons (Fsp3) is 0.636. The number of aromatic nitrogens is 1. The zero-order chi connectivity index (χ0) is 19.3. The Kier molecular flexibility index (Phi) is 6.15. The van der Waals surface area contributed by atoms with Crippen molar-refractivity contribution in [2.45, 2.75) is 51.5 Å². The van der Waals surface area contributed by atoms with E-state index in [-0.39, 0.29) is 11.8 Å². The zero-order valence-electron chi connectivity index (χ0n) is 16.9. The van der Waals surface area contributed by atoms with Crippen molar-refractivity contribution in [2.75, 3.05) is 37.6 Å². The lowest BCUT2D eigenvalue weighted by Gasteiger charge is -2.41. The number of rotatable bonds is 6. The molecular weight excluding hydrogens is 352 g/mol. The van der Waals surface area contributed by atoms with Crippen molar-refractivity contribution in [1.82, 2.24) is 15.2 Å². The summed E-state index contributed by atoms with van der Waals surface area (Å²) >= 11 is 0. The van der Waals surface area contributed by atoms with Crippen molar-refractivity contribution in [2.24, 2.45) is 5.92 Å². The van der Waals surface area contributed by atoms with Crippen LogP contribution in [0.15, 0.2) is 28.7 Å². The molecule has 4 rings (SSSR count). The smallest absolute Gasteiger partial charge is 0.298 e. The third kappa shape index (κ3) is 4.32. The number of nitrogens with zero attached hydrogens (tertiary/aromatic N) is 3. The molecule has 1 aromatic heterocycles. The molecule has 2 aromatic rings. The predicted octanol–water partition coefficient (Wildman–Crippen LogP) is 3.42. The van der Waals surface area contributed by atoms with E-state index in [2.05, 4.69) is 27.0 Å². The number of unbranched alkanes of at least 4 members (excludes halogenated alkanes) is 1. The summed E-state index contributed by atoms with van der Waals surface area (Å²) in [4.78, 5) is 21.9. The van der Waals surface area contributed by atoms with Crippen LogP contribution in [-0.4, -0.2) is 54.6 Å². The molecule has 1 amide bonds. The van der Waals surface area contributed by atoms with E-state index in [0.717, 1.165) is 88.4 Å². The lowest BCUT2D eigenvalue weighted by Crippen LogP contribution is -2.51. The van der Waals surface area contributed by atoms with Crippen LogP contribution in [0.3, 0.4) is 0 Å². The average Bonchev–Trinajstić information content (AvgIpc) is 3.18. The Morgan fingerprint density at radius 3 is 2.82 bits per heavy atom. The van der Waals surface area contributed by atoms with Crippen LogP contribution in [0.4, 0.5) is 6.01 Å². The summed E-state index contributed by atoms with van der Waals surface area (Å²) in [6.45, 7) is 6.91. The van der Waals surface area contributed by atoms with Gasteiger partial charge in [0.25, 0.3) is 6.01 Å². The fourth-order valence-corrected chi connectivity index (χ4v) is 4.50. The normalized spacial score (nSPS) is 21.9. The third-order valence-electron chi connectivity index (χ3n) is 6.19. The van der Waals surface area contributed by atoms with Gasteiger partial charge in [-0.1, -0.05) is 25.5 Å². The number of hydrogen-bond donors (Lipinski definition) is 1. The number of fused-ring (bicyclic) bond motifs is 1. The third-order valence-corrected chi connectivity index (χ3v) is 6.19. The van der Waals surface area contributed by atoms with Crippen LogP contribution < -0.4 is 10.2 Å². The Labute approximate surface area is 167 Å². The van der Waals surface area contributed by atoms with Crippen molar-refractivity contribution in [3.05, 3.63) is 24.3 Å². The van der Waals surface area contributed by atoms with Crippen molar-refractivity contribution in [3.63, 3.8) is 0 Å². The molecule has 152 valence electrons. The average molecular weight is 385 g/mol. The molecule has 0 saturated carbocycles. The molecular formula is C22H32N4O2. The monoisotopic (exact) mass is 384 g/mol. The summed E-state index contributed by atoms with van der Waals surface area (Å²) in [5, 5.41) is 3.12. The van der Waals surface area contributed by atoms with Gasteiger partial charge in [0.2, 0.25) is 5.91 Å². The Hall–Kier alpha value is -2.08. The minimum atomic E-state index is 0.153. The SMILES string of the molecule is CCCCNC(=O)[C@@H]1CCCN(C2CCN(c3nc4ccccc4o3)CC2)C1. The molecule has 28 heavy (non-hydrogen) atoms. The lowest BCUT2D eigenvalue weighted by atomic mass is 9.93. The Morgan fingerprint density at radius 2 is 2.04 bits per heavy atom. The molecule has 0 aliphatic carbocycles. The molecule has 2 fully saturated rings. The van der Waals surface area contributed by atoms with E-state index in [1.165, 1.54) is 0 Å². The highest BCUT2D eigenvalue weighted by molar-refractivity contribution is 5.79. The molecule has 6 heteroatoms. The molecule has 3 heterocycles. The maximum atomic E-state index is 12.5. The van der Waals surface area contributed by atoms with Gasteiger partial charge in [-0.3, -0.25) is 9.69 Å². The number of amides is 1. The van der Waals surface area contributed by atoms with Gasteiger partial charge in [0.05, 0.1) is 5.92 Å². The second-order valence-electron chi connectivity index (χ2n) is 8.16. The Balaban J connectivity index is 1.30. The second-order valence-corrected chi connectivity index (χ2v) is 8.16. The standard InChI is InChI=1S/C22H32N4O2/c1-2-3-12-23-21(27)17-7-6-13-26(16-17)18-10-14-25(15-11-18)22-24-19-8-4-5-9-20(19)28-22/h4-5,8-9,17-18H,2-3,6-7,10-16H2,1H3,(H,23,27)/t17-/m1/s1. The van der Waals surface area contributed by atoms with Gasteiger partial charge in [0, 0.05) is 32.2 Å². The van der Waals surface area contributed by atoms with Crippen LogP contribution in [0.1, 0.15) is 45.4 Å². The number of oxazole rings is 1. The van der Waals surface area contributed by atoms with Gasteiger partial charge in [-0.15, -0.1) is 0 Å². The first-order chi connectivity index (χ1) is 13.7. The molecule has 0 bridgehead atoms. The molecule has 0 radical (unpaired) electrons. The number of anilines is 1. The number of piperidine rings is 2. The van der Waals surface area contributed by atoms with Crippen molar-refractivity contribution in [1.29, 1.82) is 0 Å². The van der Waals surface area contributed by atoms with Gasteiger partial charge < -0.3 is 14.6 Å². The first-order valence-electron chi connectivity index (χ1n) is 10.9.